The fourth-order valence-electron chi connectivity index (χ4n) is 1.50. The molecule has 1 atom stereocenters. The van der Waals surface area contributed by atoms with Crippen molar-refractivity contribution in [3.05, 3.63) is 34.0 Å². The van der Waals surface area contributed by atoms with Gasteiger partial charge in [-0.3, -0.25) is 9.89 Å². The fraction of sp³-hybridized carbons (Fsp3) is 0.364. The van der Waals surface area contributed by atoms with E-state index in [4.69, 9.17) is 5.73 Å². The number of nitrogens with one attached hydrogen (secondary N) is 1. The van der Waals surface area contributed by atoms with Crippen LogP contribution in [0.25, 0.3) is 0 Å². The van der Waals surface area contributed by atoms with Crippen molar-refractivity contribution in [3.8, 4) is 0 Å². The zero-order chi connectivity index (χ0) is 13.1. The predicted molar refractivity (Wildman–Crippen MR) is 69.1 cm³/mol. The van der Waals surface area contributed by atoms with Crippen LogP contribution >= 0.6 is 11.3 Å². The first kappa shape index (κ1) is 12.7. The standard InChI is InChI=1S/C11H15N5OS/c1-7(12)10-15-9(6-18-10)11(17)16(2)5-8-3-13-14-4-8/h3-4,6-7H,5,12H2,1-2H3,(H,13,14). The number of thiazole rings is 1. The number of hydrogen-bond acceptors (Lipinski definition) is 5. The summed E-state index contributed by atoms with van der Waals surface area (Å²) in [6.07, 6.45) is 3.45. The fourth-order valence-corrected chi connectivity index (χ4v) is 2.25. The number of nitrogens with zero attached hydrogens (tertiary/aromatic N) is 3. The van der Waals surface area contributed by atoms with E-state index in [2.05, 4.69) is 15.2 Å². The lowest BCUT2D eigenvalue weighted by atomic mass is 10.3. The molecule has 0 aliphatic heterocycles. The van der Waals surface area contributed by atoms with Crippen molar-refractivity contribution in [2.75, 3.05) is 7.05 Å². The average molecular weight is 265 g/mol. The van der Waals surface area contributed by atoms with Crippen molar-refractivity contribution >= 4 is 17.2 Å². The average Bonchev–Trinajstić information content (AvgIpc) is 2.98. The molecule has 0 radical (unpaired) electrons. The van der Waals surface area contributed by atoms with Crippen LogP contribution in [0.3, 0.4) is 0 Å². The summed E-state index contributed by atoms with van der Waals surface area (Å²) in [5.74, 6) is -0.112. The van der Waals surface area contributed by atoms with Gasteiger partial charge < -0.3 is 10.6 Å². The van der Waals surface area contributed by atoms with Crippen LogP contribution < -0.4 is 5.73 Å². The van der Waals surface area contributed by atoms with Gasteiger partial charge in [-0.25, -0.2) is 4.98 Å². The number of aromatic amines is 1. The molecule has 18 heavy (non-hydrogen) atoms. The van der Waals surface area contributed by atoms with Crippen molar-refractivity contribution in [2.24, 2.45) is 5.73 Å². The maximum absolute atomic E-state index is 12.1. The van der Waals surface area contributed by atoms with Gasteiger partial charge in [0.1, 0.15) is 10.7 Å². The number of amides is 1. The number of H-pyrrole nitrogens is 1. The smallest absolute Gasteiger partial charge is 0.273 e. The molecule has 0 saturated carbocycles. The predicted octanol–water partition coefficient (Wildman–Crippen LogP) is 1.16. The molecule has 0 fully saturated rings. The Morgan fingerprint density at radius 2 is 2.44 bits per heavy atom. The second kappa shape index (κ2) is 5.28. The maximum atomic E-state index is 12.1. The Morgan fingerprint density at radius 3 is 3.00 bits per heavy atom. The van der Waals surface area contributed by atoms with Gasteiger partial charge in [-0.05, 0) is 6.92 Å². The van der Waals surface area contributed by atoms with Crippen LogP contribution in [0.2, 0.25) is 0 Å². The summed E-state index contributed by atoms with van der Waals surface area (Å²) in [5.41, 5.74) is 7.12. The number of carbonyl (C=O) groups is 1. The summed E-state index contributed by atoms with van der Waals surface area (Å²) in [5, 5.41) is 9.07. The van der Waals surface area contributed by atoms with E-state index >= 15 is 0 Å². The lowest BCUT2D eigenvalue weighted by molar-refractivity contribution is 0.0780. The molecule has 0 bridgehead atoms. The molecular weight excluding hydrogens is 250 g/mol. The number of rotatable bonds is 4. The number of hydrogen-bond donors (Lipinski definition) is 2. The lowest BCUT2D eigenvalue weighted by Crippen LogP contribution is -2.26. The van der Waals surface area contributed by atoms with Crippen LogP contribution in [-0.4, -0.2) is 33.0 Å². The second-order valence-corrected chi connectivity index (χ2v) is 5.02. The maximum Gasteiger partial charge on any atom is 0.273 e. The number of nitrogens with two attached hydrogens (primary N) is 1. The normalized spacial score (nSPS) is 12.4. The molecule has 0 saturated heterocycles. The third-order valence-electron chi connectivity index (χ3n) is 2.45. The van der Waals surface area contributed by atoms with Gasteiger partial charge in [-0.2, -0.15) is 5.10 Å². The molecule has 0 aromatic carbocycles. The Morgan fingerprint density at radius 1 is 1.67 bits per heavy atom. The van der Waals surface area contributed by atoms with Crippen molar-refractivity contribution in [2.45, 2.75) is 19.5 Å². The van der Waals surface area contributed by atoms with Gasteiger partial charge in [0.2, 0.25) is 0 Å². The Bertz CT molecular complexity index is 519. The van der Waals surface area contributed by atoms with Gasteiger partial charge >= 0.3 is 0 Å². The van der Waals surface area contributed by atoms with Crippen LogP contribution in [0.15, 0.2) is 17.8 Å². The molecule has 1 amide bonds. The summed E-state index contributed by atoms with van der Waals surface area (Å²) in [6, 6.07) is -0.143. The Labute approximate surface area is 109 Å². The molecule has 2 heterocycles. The minimum Gasteiger partial charge on any atom is -0.336 e. The highest BCUT2D eigenvalue weighted by molar-refractivity contribution is 7.09. The molecule has 0 spiro atoms. The van der Waals surface area contributed by atoms with Gasteiger partial charge in [0.25, 0.3) is 5.91 Å². The molecule has 3 N–H and O–H groups in total. The van der Waals surface area contributed by atoms with Crippen LogP contribution in [0.1, 0.15) is 34.0 Å². The van der Waals surface area contributed by atoms with E-state index in [1.807, 2.05) is 6.92 Å². The van der Waals surface area contributed by atoms with Gasteiger partial charge in [-0.1, -0.05) is 0 Å². The van der Waals surface area contributed by atoms with E-state index in [0.717, 1.165) is 10.6 Å². The van der Waals surface area contributed by atoms with Crippen LogP contribution in [0.5, 0.6) is 0 Å². The van der Waals surface area contributed by atoms with Gasteiger partial charge in [-0.15, -0.1) is 11.3 Å². The van der Waals surface area contributed by atoms with Crippen molar-refractivity contribution in [1.82, 2.24) is 20.1 Å². The second-order valence-electron chi connectivity index (χ2n) is 4.13. The van der Waals surface area contributed by atoms with Crippen molar-refractivity contribution in [1.29, 1.82) is 0 Å². The van der Waals surface area contributed by atoms with E-state index < -0.39 is 0 Å². The first-order valence-electron chi connectivity index (χ1n) is 5.52. The molecule has 2 aromatic heterocycles. The minimum absolute atomic E-state index is 0.112. The highest BCUT2D eigenvalue weighted by atomic mass is 32.1. The molecule has 7 heteroatoms. The van der Waals surface area contributed by atoms with E-state index in [1.54, 1.807) is 29.7 Å². The van der Waals surface area contributed by atoms with Crippen LogP contribution in [0.4, 0.5) is 0 Å². The largest absolute Gasteiger partial charge is 0.336 e. The molecule has 6 nitrogen and oxygen atoms in total. The van der Waals surface area contributed by atoms with Crippen LogP contribution in [-0.2, 0) is 6.54 Å². The minimum atomic E-state index is -0.143. The van der Waals surface area contributed by atoms with E-state index in [1.165, 1.54) is 11.3 Å². The Kier molecular flexibility index (Phi) is 3.73. The van der Waals surface area contributed by atoms with E-state index in [9.17, 15) is 4.79 Å². The third kappa shape index (κ3) is 2.74. The summed E-state index contributed by atoms with van der Waals surface area (Å²) in [7, 11) is 1.74. The summed E-state index contributed by atoms with van der Waals surface area (Å²) >= 11 is 1.41. The van der Waals surface area contributed by atoms with Gasteiger partial charge in [0.05, 0.1) is 12.2 Å². The highest BCUT2D eigenvalue weighted by Crippen LogP contribution is 2.17. The van der Waals surface area contributed by atoms with E-state index in [0.29, 0.717) is 12.2 Å². The zero-order valence-electron chi connectivity index (χ0n) is 10.3. The molecule has 96 valence electrons. The Balaban J connectivity index is 2.05. The topological polar surface area (TPSA) is 87.9 Å². The molecule has 2 rings (SSSR count). The molecule has 1 unspecified atom stereocenters. The molecule has 0 aliphatic carbocycles. The SMILES string of the molecule is CC(N)c1nc(C(=O)N(C)Cc2cn[nH]c2)cs1. The first-order chi connectivity index (χ1) is 8.58. The summed E-state index contributed by atoms with van der Waals surface area (Å²) < 4.78 is 0. The quantitative estimate of drug-likeness (QED) is 0.868. The zero-order valence-corrected chi connectivity index (χ0v) is 11.1. The Hall–Kier alpha value is -1.73. The third-order valence-corrected chi connectivity index (χ3v) is 3.50. The van der Waals surface area contributed by atoms with E-state index in [-0.39, 0.29) is 11.9 Å². The van der Waals surface area contributed by atoms with Gasteiger partial charge in [0.15, 0.2) is 0 Å². The van der Waals surface area contributed by atoms with Crippen molar-refractivity contribution < 1.29 is 4.79 Å². The number of carbonyl (C=O) groups excluding carboxylic acids is 1. The first-order valence-corrected chi connectivity index (χ1v) is 6.40. The monoisotopic (exact) mass is 265 g/mol. The molecular formula is C11H15N5OS. The summed E-state index contributed by atoms with van der Waals surface area (Å²) in [6.45, 7) is 2.35. The highest BCUT2D eigenvalue weighted by Gasteiger charge is 2.17. The summed E-state index contributed by atoms with van der Waals surface area (Å²) in [4.78, 5) is 17.9. The molecule has 0 aliphatic rings. The number of aromatic nitrogens is 3. The van der Waals surface area contributed by atoms with Crippen molar-refractivity contribution in [3.63, 3.8) is 0 Å². The van der Waals surface area contributed by atoms with Crippen LogP contribution in [0, 0.1) is 0 Å². The lowest BCUT2D eigenvalue weighted by Gasteiger charge is -2.14. The molecule has 2 aromatic rings. The van der Waals surface area contributed by atoms with Gasteiger partial charge in [0, 0.05) is 30.7 Å².